The molecule has 2 aromatic rings. The Bertz CT molecular complexity index is 766. The predicted octanol–water partition coefficient (Wildman–Crippen LogP) is 1.67. The van der Waals surface area contributed by atoms with Crippen molar-refractivity contribution in [1.82, 2.24) is 19.7 Å². The number of H-pyrrole nitrogens is 1. The molecule has 2 atom stereocenters. The molecule has 1 aliphatic heterocycles. The molecule has 0 saturated carbocycles. The summed E-state index contributed by atoms with van der Waals surface area (Å²) in [5, 5.41) is 6.66. The third kappa shape index (κ3) is 4.13. The maximum atomic E-state index is 12.7. The molecule has 1 aromatic carbocycles. The number of hydrogen-bond acceptors (Lipinski definition) is 5. The molecule has 0 bridgehead atoms. The quantitative estimate of drug-likeness (QED) is 0.791. The number of hydrogen-bond donors (Lipinski definition) is 1. The van der Waals surface area contributed by atoms with Crippen LogP contribution in [0.25, 0.3) is 0 Å². The lowest BCUT2D eigenvalue weighted by Gasteiger charge is -2.20. The Kier molecular flexibility index (Phi) is 5.60. The summed E-state index contributed by atoms with van der Waals surface area (Å²) in [6.45, 7) is 1.18. The number of carbonyl (C=O) groups is 1. The smallest absolute Gasteiger partial charge is 0.344 e. The molecule has 1 fully saturated rings. The fourth-order valence-corrected chi connectivity index (χ4v) is 3.97. The van der Waals surface area contributed by atoms with E-state index in [4.69, 9.17) is 4.74 Å². The summed E-state index contributed by atoms with van der Waals surface area (Å²) < 4.78 is 7.19. The largest absolute Gasteiger partial charge is 0.376 e. The molecule has 2 unspecified atom stereocenters. The highest BCUT2D eigenvalue weighted by Crippen LogP contribution is 2.35. The van der Waals surface area contributed by atoms with Crippen LogP contribution in [0.15, 0.2) is 40.3 Å². The number of nitrogens with zero attached hydrogens (tertiary/aromatic N) is 3. The number of likely N-dealkylation sites (N-methyl/N-ethyl adjacent to an activating group) is 1. The van der Waals surface area contributed by atoms with E-state index in [-0.39, 0.29) is 17.7 Å². The van der Waals surface area contributed by atoms with E-state index >= 15 is 0 Å². The second-order valence-electron chi connectivity index (χ2n) is 6.20. The van der Waals surface area contributed by atoms with E-state index in [1.807, 2.05) is 30.3 Å². The Morgan fingerprint density at radius 1 is 1.44 bits per heavy atom. The Labute approximate surface area is 150 Å². The van der Waals surface area contributed by atoms with Gasteiger partial charge in [0.2, 0.25) is 5.91 Å². The van der Waals surface area contributed by atoms with Gasteiger partial charge in [-0.05, 0) is 18.4 Å². The predicted molar refractivity (Wildman–Crippen MR) is 95.6 cm³/mol. The third-order valence-corrected chi connectivity index (χ3v) is 5.36. The molecule has 1 saturated heterocycles. The average molecular weight is 362 g/mol. The van der Waals surface area contributed by atoms with E-state index in [0.29, 0.717) is 11.7 Å². The van der Waals surface area contributed by atoms with Crippen LogP contribution in [0.3, 0.4) is 0 Å². The second-order valence-corrected chi connectivity index (χ2v) is 7.27. The monoisotopic (exact) mass is 362 g/mol. The minimum absolute atomic E-state index is 0.0226. The molecule has 8 heteroatoms. The van der Waals surface area contributed by atoms with Gasteiger partial charge in [0.25, 0.3) is 0 Å². The van der Waals surface area contributed by atoms with Crippen molar-refractivity contribution >= 4 is 17.7 Å². The summed E-state index contributed by atoms with van der Waals surface area (Å²) in [6, 6.07) is 9.53. The summed E-state index contributed by atoms with van der Waals surface area (Å²) in [5.74, 6) is -0.0460. The van der Waals surface area contributed by atoms with Gasteiger partial charge in [0.15, 0.2) is 5.16 Å². The van der Waals surface area contributed by atoms with Crippen LogP contribution in [0.4, 0.5) is 0 Å². The molecule has 134 valence electrons. The van der Waals surface area contributed by atoms with E-state index in [0.717, 1.165) is 25.0 Å². The number of rotatable bonds is 6. The van der Waals surface area contributed by atoms with Gasteiger partial charge in [0.05, 0.1) is 12.6 Å². The third-order valence-electron chi connectivity index (χ3n) is 4.12. The van der Waals surface area contributed by atoms with Gasteiger partial charge in [-0.1, -0.05) is 42.1 Å². The van der Waals surface area contributed by atoms with Crippen molar-refractivity contribution in [3.05, 3.63) is 46.4 Å². The SMILES string of the molecule is CN(C)C(=O)C(Sc1n[nH]c(=O)n1CC1CCCO1)c1ccccc1. The zero-order chi connectivity index (χ0) is 17.8. The zero-order valence-electron chi connectivity index (χ0n) is 14.3. The minimum atomic E-state index is -0.463. The molecule has 25 heavy (non-hydrogen) atoms. The molecular formula is C17H22N4O3S. The molecule has 1 aromatic heterocycles. The number of carbonyl (C=O) groups excluding carboxylic acids is 1. The molecule has 0 spiro atoms. The summed E-state index contributed by atoms with van der Waals surface area (Å²) >= 11 is 1.28. The Morgan fingerprint density at radius 3 is 2.84 bits per heavy atom. The maximum Gasteiger partial charge on any atom is 0.344 e. The number of nitrogens with one attached hydrogen (secondary N) is 1. The average Bonchev–Trinajstić information content (AvgIpc) is 3.24. The normalized spacial score (nSPS) is 18.2. The van der Waals surface area contributed by atoms with Gasteiger partial charge < -0.3 is 9.64 Å². The first kappa shape index (κ1) is 17.8. The van der Waals surface area contributed by atoms with Crippen molar-refractivity contribution in [2.75, 3.05) is 20.7 Å². The Balaban J connectivity index is 1.87. The summed E-state index contributed by atoms with van der Waals surface area (Å²) in [5.41, 5.74) is 0.604. The van der Waals surface area contributed by atoms with E-state index in [9.17, 15) is 9.59 Å². The lowest BCUT2D eigenvalue weighted by molar-refractivity contribution is -0.128. The molecule has 3 rings (SSSR count). The first-order valence-electron chi connectivity index (χ1n) is 8.26. The van der Waals surface area contributed by atoms with E-state index in [1.165, 1.54) is 11.8 Å². The van der Waals surface area contributed by atoms with Crippen molar-refractivity contribution in [1.29, 1.82) is 0 Å². The summed E-state index contributed by atoms with van der Waals surface area (Å²) in [6.07, 6.45) is 1.96. The molecule has 2 heterocycles. The van der Waals surface area contributed by atoms with Crippen molar-refractivity contribution in [2.45, 2.75) is 35.9 Å². The van der Waals surface area contributed by atoms with Gasteiger partial charge in [-0.15, -0.1) is 5.10 Å². The van der Waals surface area contributed by atoms with Crippen LogP contribution in [-0.4, -0.2) is 52.4 Å². The molecular weight excluding hydrogens is 340 g/mol. The molecule has 0 radical (unpaired) electrons. The highest BCUT2D eigenvalue weighted by atomic mass is 32.2. The van der Waals surface area contributed by atoms with Crippen molar-refractivity contribution in [3.8, 4) is 0 Å². The maximum absolute atomic E-state index is 12.7. The van der Waals surface area contributed by atoms with Gasteiger partial charge >= 0.3 is 5.69 Å². The van der Waals surface area contributed by atoms with Crippen LogP contribution in [0.2, 0.25) is 0 Å². The fraction of sp³-hybridized carbons (Fsp3) is 0.471. The highest BCUT2D eigenvalue weighted by molar-refractivity contribution is 8.00. The van der Waals surface area contributed by atoms with Crippen LogP contribution in [0.1, 0.15) is 23.7 Å². The standard InChI is InChI=1S/C17H22N4O3S/c1-20(2)15(22)14(12-7-4-3-5-8-12)25-17-19-18-16(23)21(17)11-13-9-6-10-24-13/h3-5,7-8,13-14H,6,9-11H2,1-2H3,(H,18,23). The number of benzene rings is 1. The lowest BCUT2D eigenvalue weighted by atomic mass is 10.1. The number of ether oxygens (including phenoxy) is 1. The van der Waals surface area contributed by atoms with E-state index < -0.39 is 5.25 Å². The van der Waals surface area contributed by atoms with Gasteiger partial charge in [0.1, 0.15) is 5.25 Å². The molecule has 1 N–H and O–H groups in total. The van der Waals surface area contributed by atoms with Crippen LogP contribution in [0, 0.1) is 0 Å². The van der Waals surface area contributed by atoms with Crippen molar-refractivity contribution in [3.63, 3.8) is 0 Å². The first-order valence-corrected chi connectivity index (χ1v) is 9.14. The van der Waals surface area contributed by atoms with Gasteiger partial charge in [-0.2, -0.15) is 0 Å². The van der Waals surface area contributed by atoms with Crippen LogP contribution in [0.5, 0.6) is 0 Å². The number of aromatic nitrogens is 3. The minimum Gasteiger partial charge on any atom is -0.376 e. The van der Waals surface area contributed by atoms with Crippen molar-refractivity contribution in [2.24, 2.45) is 0 Å². The summed E-state index contributed by atoms with van der Waals surface area (Å²) in [4.78, 5) is 26.4. The molecule has 0 aliphatic carbocycles. The molecule has 1 aliphatic rings. The number of amides is 1. The number of thioether (sulfide) groups is 1. The Hall–Kier alpha value is -2.06. The van der Waals surface area contributed by atoms with Gasteiger partial charge in [0, 0.05) is 20.7 Å². The van der Waals surface area contributed by atoms with Gasteiger partial charge in [-0.25, -0.2) is 9.89 Å². The van der Waals surface area contributed by atoms with Gasteiger partial charge in [-0.3, -0.25) is 9.36 Å². The summed E-state index contributed by atoms with van der Waals surface area (Å²) in [7, 11) is 3.45. The number of aromatic amines is 1. The van der Waals surface area contributed by atoms with E-state index in [2.05, 4.69) is 10.2 Å². The fourth-order valence-electron chi connectivity index (χ4n) is 2.77. The lowest BCUT2D eigenvalue weighted by Crippen LogP contribution is -2.28. The topological polar surface area (TPSA) is 80.2 Å². The van der Waals surface area contributed by atoms with Crippen LogP contribution < -0.4 is 5.69 Å². The van der Waals surface area contributed by atoms with Crippen LogP contribution >= 0.6 is 11.8 Å². The molecule has 7 nitrogen and oxygen atoms in total. The van der Waals surface area contributed by atoms with Crippen LogP contribution in [-0.2, 0) is 16.1 Å². The van der Waals surface area contributed by atoms with E-state index in [1.54, 1.807) is 23.6 Å². The Morgan fingerprint density at radius 2 is 2.20 bits per heavy atom. The van der Waals surface area contributed by atoms with Crippen molar-refractivity contribution < 1.29 is 9.53 Å². The second kappa shape index (κ2) is 7.88. The zero-order valence-corrected chi connectivity index (χ0v) is 15.2. The highest BCUT2D eigenvalue weighted by Gasteiger charge is 2.27. The molecule has 1 amide bonds. The first-order chi connectivity index (χ1) is 12.1.